The lowest BCUT2D eigenvalue weighted by molar-refractivity contribution is 0.267. The highest BCUT2D eigenvalue weighted by Gasteiger charge is 2.20. The van der Waals surface area contributed by atoms with E-state index in [2.05, 4.69) is 15.3 Å². The van der Waals surface area contributed by atoms with Gasteiger partial charge in [-0.25, -0.2) is 4.68 Å². The normalized spacial score (nSPS) is 13.9. The van der Waals surface area contributed by atoms with E-state index in [9.17, 15) is 9.59 Å². The fourth-order valence-corrected chi connectivity index (χ4v) is 4.53. The van der Waals surface area contributed by atoms with E-state index < -0.39 is 0 Å². The summed E-state index contributed by atoms with van der Waals surface area (Å²) in [5.74, 6) is 0.620. The lowest BCUT2D eigenvalue weighted by Crippen LogP contribution is -2.26. The number of nitrogens with one attached hydrogen (secondary N) is 1. The lowest BCUT2D eigenvalue weighted by atomic mass is 9.97. The average Bonchev–Trinajstić information content (AvgIpc) is 3.02. The van der Waals surface area contributed by atoms with Crippen molar-refractivity contribution in [2.75, 3.05) is 6.61 Å². The van der Waals surface area contributed by atoms with Gasteiger partial charge in [0.2, 0.25) is 5.43 Å². The van der Waals surface area contributed by atoms with Crippen LogP contribution in [0.1, 0.15) is 42.8 Å². The third-order valence-electron chi connectivity index (χ3n) is 4.67. The van der Waals surface area contributed by atoms with Crippen LogP contribution in [-0.4, -0.2) is 26.6 Å². The van der Waals surface area contributed by atoms with Crippen LogP contribution in [-0.2, 0) is 19.4 Å². The molecule has 1 N–H and O–H groups in total. The van der Waals surface area contributed by atoms with Crippen LogP contribution in [0.15, 0.2) is 21.9 Å². The van der Waals surface area contributed by atoms with Crippen LogP contribution in [0, 0.1) is 5.92 Å². The molecule has 3 aromatic rings. The van der Waals surface area contributed by atoms with Crippen LogP contribution in [0.25, 0.3) is 10.2 Å². The summed E-state index contributed by atoms with van der Waals surface area (Å²) in [6, 6.07) is 1.46. The molecule has 0 spiro atoms. The molecule has 7 nitrogen and oxygen atoms in total. The zero-order chi connectivity index (χ0) is 19.0. The molecule has 0 amide bonds. The van der Waals surface area contributed by atoms with Crippen LogP contribution in [0.2, 0.25) is 0 Å². The minimum Gasteiger partial charge on any atom is -0.488 e. The van der Waals surface area contributed by atoms with Gasteiger partial charge in [-0.3, -0.25) is 9.59 Å². The number of aryl methyl sites for hydroxylation is 2. The number of fused-ring (bicyclic) bond motifs is 3. The van der Waals surface area contributed by atoms with Gasteiger partial charge in [-0.1, -0.05) is 19.1 Å². The molecule has 0 radical (unpaired) electrons. The quantitative estimate of drug-likeness (QED) is 0.728. The molecule has 0 fully saturated rings. The summed E-state index contributed by atoms with van der Waals surface area (Å²) in [7, 11) is 0. The van der Waals surface area contributed by atoms with Crippen LogP contribution >= 0.6 is 11.3 Å². The molecule has 1 aliphatic carbocycles. The second kappa shape index (κ2) is 7.26. The van der Waals surface area contributed by atoms with Crippen molar-refractivity contribution < 1.29 is 4.74 Å². The Hall–Kier alpha value is -2.48. The monoisotopic (exact) mass is 386 g/mol. The van der Waals surface area contributed by atoms with Gasteiger partial charge < -0.3 is 9.72 Å². The Bertz CT molecular complexity index is 1100. The van der Waals surface area contributed by atoms with Crippen molar-refractivity contribution in [3.8, 4) is 5.75 Å². The number of pyridine rings is 1. The molecule has 1 aliphatic rings. The van der Waals surface area contributed by atoms with Crippen molar-refractivity contribution in [2.45, 2.75) is 46.1 Å². The number of aromatic nitrogens is 4. The van der Waals surface area contributed by atoms with Gasteiger partial charge in [0.1, 0.15) is 0 Å². The van der Waals surface area contributed by atoms with Crippen LogP contribution in [0.4, 0.5) is 0 Å². The van der Waals surface area contributed by atoms with Crippen LogP contribution in [0.3, 0.4) is 0 Å². The summed E-state index contributed by atoms with van der Waals surface area (Å²) in [6.45, 7) is 4.69. The van der Waals surface area contributed by atoms with Crippen molar-refractivity contribution >= 4 is 21.6 Å². The van der Waals surface area contributed by atoms with E-state index in [0.717, 1.165) is 31.2 Å². The number of ether oxygens (including phenoxy) is 1. The summed E-state index contributed by atoms with van der Waals surface area (Å²) in [5.41, 5.74) is 1.39. The molecule has 0 aromatic carbocycles. The number of rotatable bonds is 5. The molecule has 8 heteroatoms. The van der Waals surface area contributed by atoms with E-state index in [1.807, 2.05) is 13.8 Å². The van der Waals surface area contributed by atoms with Gasteiger partial charge in [0.05, 0.1) is 18.5 Å². The number of nitrogens with zero attached hydrogens (tertiary/aromatic N) is 3. The van der Waals surface area contributed by atoms with Crippen LogP contribution in [0.5, 0.6) is 5.75 Å². The first-order chi connectivity index (χ1) is 13.0. The van der Waals surface area contributed by atoms with Crippen molar-refractivity contribution in [1.82, 2.24) is 20.0 Å². The van der Waals surface area contributed by atoms with Gasteiger partial charge in [-0.05, 0) is 37.2 Å². The van der Waals surface area contributed by atoms with Crippen LogP contribution < -0.4 is 15.7 Å². The summed E-state index contributed by atoms with van der Waals surface area (Å²) in [4.78, 5) is 30.2. The Kier molecular flexibility index (Phi) is 4.82. The largest absolute Gasteiger partial charge is 0.488 e. The molecule has 3 aromatic heterocycles. The predicted octanol–water partition coefficient (Wildman–Crippen LogP) is 2.50. The topological polar surface area (TPSA) is 89.9 Å². The fourth-order valence-electron chi connectivity index (χ4n) is 3.33. The number of aromatic amines is 1. The molecule has 0 atom stereocenters. The fraction of sp³-hybridized carbons (Fsp3) is 0.474. The van der Waals surface area contributed by atoms with Gasteiger partial charge in [0.15, 0.2) is 10.6 Å². The van der Waals surface area contributed by atoms with Gasteiger partial charge in [-0.15, -0.1) is 16.4 Å². The second-order valence-electron chi connectivity index (χ2n) is 7.33. The Morgan fingerprint density at radius 1 is 1.30 bits per heavy atom. The van der Waals surface area contributed by atoms with Gasteiger partial charge in [-0.2, -0.15) is 0 Å². The molecule has 142 valence electrons. The third-order valence-corrected chi connectivity index (χ3v) is 5.85. The van der Waals surface area contributed by atoms with E-state index in [1.54, 1.807) is 17.5 Å². The molecule has 4 rings (SSSR count). The maximum Gasteiger partial charge on any atom is 0.279 e. The van der Waals surface area contributed by atoms with Crippen molar-refractivity contribution in [3.63, 3.8) is 0 Å². The maximum atomic E-state index is 12.9. The smallest absolute Gasteiger partial charge is 0.279 e. The predicted molar refractivity (Wildman–Crippen MR) is 105 cm³/mol. The molecule has 0 aliphatic heterocycles. The van der Waals surface area contributed by atoms with Gasteiger partial charge >= 0.3 is 0 Å². The highest BCUT2D eigenvalue weighted by Crippen LogP contribution is 2.33. The minimum atomic E-state index is -0.209. The molecule has 0 saturated carbocycles. The van der Waals surface area contributed by atoms with E-state index in [-0.39, 0.29) is 23.3 Å². The molecule has 0 unspecified atom stereocenters. The minimum absolute atomic E-state index is 0.139. The summed E-state index contributed by atoms with van der Waals surface area (Å²) in [5, 5.41) is 9.01. The zero-order valence-electron chi connectivity index (χ0n) is 15.4. The van der Waals surface area contributed by atoms with E-state index in [0.29, 0.717) is 28.4 Å². The van der Waals surface area contributed by atoms with Crippen molar-refractivity contribution in [3.05, 3.63) is 49.0 Å². The number of hydrogen-bond acceptors (Lipinski definition) is 6. The zero-order valence-corrected chi connectivity index (χ0v) is 16.3. The Morgan fingerprint density at radius 2 is 2.11 bits per heavy atom. The van der Waals surface area contributed by atoms with E-state index >= 15 is 0 Å². The number of thiophene rings is 1. The number of hydrogen-bond donors (Lipinski definition) is 1. The highest BCUT2D eigenvalue weighted by atomic mass is 32.1. The Balaban J connectivity index is 1.64. The standard InChI is InChI=1S/C19H22N4O3S/c1-11(2)10-26-15-8-20-12(7-14(15)24)9-23-19(25)17-13-5-3-4-6-16(13)27-18(17)21-22-23/h7-8,11H,3-6,9-10H2,1-2H3,(H,20,24). The lowest BCUT2D eigenvalue weighted by Gasteiger charge is -2.10. The Labute approximate surface area is 160 Å². The third kappa shape index (κ3) is 3.53. The molecule has 0 bridgehead atoms. The van der Waals surface area contributed by atoms with Gasteiger partial charge in [0, 0.05) is 22.8 Å². The average molecular weight is 386 g/mol. The first kappa shape index (κ1) is 17.9. The van der Waals surface area contributed by atoms with Gasteiger partial charge in [0.25, 0.3) is 5.56 Å². The van der Waals surface area contributed by atoms with Crippen molar-refractivity contribution in [1.29, 1.82) is 0 Å². The molecule has 3 heterocycles. The van der Waals surface area contributed by atoms with E-state index in [4.69, 9.17) is 4.74 Å². The first-order valence-electron chi connectivity index (χ1n) is 9.25. The molecular weight excluding hydrogens is 364 g/mol. The van der Waals surface area contributed by atoms with Crippen molar-refractivity contribution in [2.24, 2.45) is 5.92 Å². The number of H-pyrrole nitrogens is 1. The Morgan fingerprint density at radius 3 is 2.89 bits per heavy atom. The highest BCUT2D eigenvalue weighted by molar-refractivity contribution is 7.18. The molecule has 27 heavy (non-hydrogen) atoms. The maximum absolute atomic E-state index is 12.9. The SMILES string of the molecule is CC(C)COc1c[nH]c(Cn2nnc3sc4c(c3c2=O)CCCC4)cc1=O. The summed E-state index contributed by atoms with van der Waals surface area (Å²) >= 11 is 1.58. The summed E-state index contributed by atoms with van der Waals surface area (Å²) < 4.78 is 6.82. The first-order valence-corrected chi connectivity index (χ1v) is 10.1. The molecule has 0 saturated heterocycles. The second-order valence-corrected chi connectivity index (χ2v) is 8.42. The van der Waals surface area contributed by atoms with E-state index in [1.165, 1.54) is 15.6 Å². The molecular formula is C19H22N4O3S. The summed E-state index contributed by atoms with van der Waals surface area (Å²) in [6.07, 6.45) is 5.75.